The highest BCUT2D eigenvalue weighted by Crippen LogP contribution is 2.29. The van der Waals surface area contributed by atoms with Crippen LogP contribution in [0.1, 0.15) is 40.5 Å². The van der Waals surface area contributed by atoms with Crippen molar-refractivity contribution in [3.05, 3.63) is 11.8 Å². The third-order valence-electron chi connectivity index (χ3n) is 4.59. The van der Waals surface area contributed by atoms with Gasteiger partial charge in [-0.05, 0) is 32.8 Å². The minimum atomic E-state index is -1.21. The zero-order valence-electron chi connectivity index (χ0n) is 13.9. The molecule has 0 aromatic heterocycles. The molecule has 7 heteroatoms. The highest BCUT2D eigenvalue weighted by Gasteiger charge is 2.44. The molecule has 2 amide bonds. The van der Waals surface area contributed by atoms with E-state index in [0.717, 1.165) is 12.8 Å². The number of carbonyl (C=O) groups excluding carboxylic acids is 2. The van der Waals surface area contributed by atoms with E-state index in [-0.39, 0.29) is 35.6 Å². The molecule has 2 aliphatic heterocycles. The van der Waals surface area contributed by atoms with Crippen molar-refractivity contribution in [2.45, 2.75) is 64.8 Å². The number of ether oxygens (including phenoxy) is 1. The second kappa shape index (κ2) is 6.60. The Morgan fingerprint density at radius 1 is 1.22 bits per heavy atom. The second-order valence-corrected chi connectivity index (χ2v) is 6.48. The van der Waals surface area contributed by atoms with E-state index in [2.05, 4.69) is 5.32 Å². The number of carbonyl (C=O) groups is 3. The third-order valence-corrected chi connectivity index (χ3v) is 4.59. The van der Waals surface area contributed by atoms with E-state index in [4.69, 9.17) is 4.74 Å². The summed E-state index contributed by atoms with van der Waals surface area (Å²) >= 11 is 0. The highest BCUT2D eigenvalue weighted by molar-refractivity contribution is 5.88. The Kier molecular flexibility index (Phi) is 4.97. The van der Waals surface area contributed by atoms with Crippen LogP contribution in [0.5, 0.6) is 0 Å². The third kappa shape index (κ3) is 3.48. The molecule has 0 bridgehead atoms. The van der Waals surface area contributed by atoms with Gasteiger partial charge in [-0.15, -0.1) is 0 Å². The van der Waals surface area contributed by atoms with Gasteiger partial charge in [0.2, 0.25) is 11.7 Å². The van der Waals surface area contributed by atoms with Crippen molar-refractivity contribution in [1.82, 2.24) is 10.2 Å². The normalized spacial score (nSPS) is 33.7. The van der Waals surface area contributed by atoms with E-state index in [9.17, 15) is 19.5 Å². The van der Waals surface area contributed by atoms with Crippen molar-refractivity contribution in [1.29, 1.82) is 0 Å². The van der Waals surface area contributed by atoms with Gasteiger partial charge in [-0.2, -0.15) is 0 Å². The molecule has 1 fully saturated rings. The molecule has 0 aromatic carbocycles. The zero-order chi connectivity index (χ0) is 17.3. The number of amides is 2. The number of nitrogens with zero attached hydrogens (tertiary/aromatic N) is 1. The van der Waals surface area contributed by atoms with Gasteiger partial charge in [-0.3, -0.25) is 9.59 Å². The van der Waals surface area contributed by atoms with Crippen LogP contribution in [-0.2, 0) is 19.1 Å². The van der Waals surface area contributed by atoms with E-state index in [1.807, 2.05) is 13.8 Å². The topological polar surface area (TPSA) is 95.9 Å². The first-order chi connectivity index (χ1) is 10.7. The zero-order valence-corrected chi connectivity index (χ0v) is 13.9. The van der Waals surface area contributed by atoms with Crippen molar-refractivity contribution in [3.8, 4) is 0 Å². The predicted octanol–water partition coefficient (Wildman–Crippen LogP) is 0.894. The van der Waals surface area contributed by atoms with Crippen LogP contribution in [0.25, 0.3) is 0 Å². The van der Waals surface area contributed by atoms with Crippen LogP contribution in [0.3, 0.4) is 0 Å². The van der Waals surface area contributed by atoms with Crippen molar-refractivity contribution in [3.63, 3.8) is 0 Å². The summed E-state index contributed by atoms with van der Waals surface area (Å²) in [7, 11) is 0. The van der Waals surface area contributed by atoms with Gasteiger partial charge in [0.1, 0.15) is 0 Å². The molecule has 2 N–H and O–H groups in total. The number of hydrogen-bond donors (Lipinski definition) is 2. The van der Waals surface area contributed by atoms with Crippen molar-refractivity contribution >= 4 is 17.8 Å². The Bertz CT molecular complexity index is 535. The Morgan fingerprint density at radius 2 is 1.78 bits per heavy atom. The lowest BCUT2D eigenvalue weighted by Crippen LogP contribution is -2.58. The molecule has 23 heavy (non-hydrogen) atoms. The van der Waals surface area contributed by atoms with Crippen molar-refractivity contribution in [2.75, 3.05) is 0 Å². The number of likely N-dealkylation sites (tertiary alicyclic amines) is 1. The van der Waals surface area contributed by atoms with Gasteiger partial charge in [0.25, 0.3) is 5.91 Å². The van der Waals surface area contributed by atoms with Gasteiger partial charge in [0, 0.05) is 24.9 Å². The molecule has 7 nitrogen and oxygen atoms in total. The molecule has 128 valence electrons. The first-order valence-electron chi connectivity index (χ1n) is 7.93. The van der Waals surface area contributed by atoms with Crippen LogP contribution in [0.4, 0.5) is 0 Å². The molecule has 0 unspecified atom stereocenters. The summed E-state index contributed by atoms with van der Waals surface area (Å²) in [5.74, 6) is -2.31. The molecule has 0 aliphatic carbocycles. The predicted molar refractivity (Wildman–Crippen MR) is 82.4 cm³/mol. The van der Waals surface area contributed by atoms with Gasteiger partial charge in [0.05, 0.1) is 6.04 Å². The summed E-state index contributed by atoms with van der Waals surface area (Å²) in [6, 6.07) is -0.426. The first kappa shape index (κ1) is 17.3. The quantitative estimate of drug-likeness (QED) is 0.804. The fourth-order valence-corrected chi connectivity index (χ4v) is 3.41. The van der Waals surface area contributed by atoms with Crippen LogP contribution in [-0.4, -0.2) is 52.0 Å². The largest absolute Gasteiger partial charge is 0.475 e. The van der Waals surface area contributed by atoms with Gasteiger partial charge in [-0.25, -0.2) is 4.79 Å². The number of hydrogen-bond acceptors (Lipinski definition) is 4. The lowest BCUT2D eigenvalue weighted by Gasteiger charge is -2.38. The summed E-state index contributed by atoms with van der Waals surface area (Å²) in [6.07, 6.45) is 2.22. The van der Waals surface area contributed by atoms with Crippen molar-refractivity contribution < 1.29 is 24.2 Å². The standard InChI is InChI=1S/C16H24N2O5/c1-8-7-12(16(21)22)23-14(13(8)17-11(4)19)15(20)18-9(2)5-6-10(18)3/h7-10,13-14H,5-6H2,1-4H3,(H,17,19)(H,21,22)/t8-,9-,10+,13+,14+/m0/s1. The smallest absolute Gasteiger partial charge is 0.370 e. The molecule has 2 heterocycles. The molecule has 5 atom stereocenters. The number of aliphatic carboxylic acids is 1. The average Bonchev–Trinajstić information content (AvgIpc) is 2.78. The summed E-state index contributed by atoms with van der Waals surface area (Å²) in [5.41, 5.74) is 0. The highest BCUT2D eigenvalue weighted by atomic mass is 16.5. The van der Waals surface area contributed by atoms with Crippen LogP contribution in [0.2, 0.25) is 0 Å². The fourth-order valence-electron chi connectivity index (χ4n) is 3.41. The Hall–Kier alpha value is -2.05. The average molecular weight is 324 g/mol. The SMILES string of the molecule is CC(=O)N[C@@H]1[C@@H](C)C=C(C(=O)O)O[C@H]1C(=O)N1[C@H](C)CC[C@@H]1C. The molecule has 0 saturated carbocycles. The van der Waals surface area contributed by atoms with Gasteiger partial charge < -0.3 is 20.1 Å². The molecular weight excluding hydrogens is 300 g/mol. The minimum absolute atomic E-state index is 0.0774. The molecular formula is C16H24N2O5. The van der Waals surface area contributed by atoms with E-state index in [0.29, 0.717) is 0 Å². The first-order valence-corrected chi connectivity index (χ1v) is 7.93. The Morgan fingerprint density at radius 3 is 2.26 bits per heavy atom. The number of carboxylic acids is 1. The van der Waals surface area contributed by atoms with Crippen molar-refractivity contribution in [2.24, 2.45) is 5.92 Å². The van der Waals surface area contributed by atoms with Gasteiger partial charge in [0.15, 0.2) is 6.10 Å². The second-order valence-electron chi connectivity index (χ2n) is 6.48. The van der Waals surface area contributed by atoms with E-state index >= 15 is 0 Å². The van der Waals surface area contributed by atoms with E-state index in [1.165, 1.54) is 13.0 Å². The maximum absolute atomic E-state index is 13.0. The minimum Gasteiger partial charge on any atom is -0.475 e. The lowest BCUT2D eigenvalue weighted by atomic mass is 9.92. The number of nitrogens with one attached hydrogen (secondary N) is 1. The fraction of sp³-hybridized carbons (Fsp3) is 0.688. The van der Waals surface area contributed by atoms with Crippen LogP contribution in [0.15, 0.2) is 11.8 Å². The monoisotopic (exact) mass is 324 g/mol. The number of carboxylic acid groups (broad SMARTS) is 1. The molecule has 0 spiro atoms. The number of rotatable bonds is 3. The molecule has 0 aromatic rings. The summed E-state index contributed by atoms with van der Waals surface area (Å²) in [6.45, 7) is 7.07. The maximum Gasteiger partial charge on any atom is 0.370 e. The summed E-state index contributed by atoms with van der Waals surface area (Å²) in [4.78, 5) is 37.4. The maximum atomic E-state index is 13.0. The van der Waals surface area contributed by atoms with Crippen LogP contribution >= 0.6 is 0 Å². The Labute approximate surface area is 135 Å². The van der Waals surface area contributed by atoms with Gasteiger partial charge >= 0.3 is 5.97 Å². The molecule has 1 saturated heterocycles. The van der Waals surface area contributed by atoms with E-state index in [1.54, 1.807) is 11.8 Å². The lowest BCUT2D eigenvalue weighted by molar-refractivity contribution is -0.151. The van der Waals surface area contributed by atoms with Gasteiger partial charge in [-0.1, -0.05) is 6.92 Å². The molecule has 2 rings (SSSR count). The summed E-state index contributed by atoms with van der Waals surface area (Å²) in [5, 5.41) is 11.9. The summed E-state index contributed by atoms with van der Waals surface area (Å²) < 4.78 is 5.46. The molecule has 2 aliphatic rings. The van der Waals surface area contributed by atoms with E-state index < -0.39 is 18.1 Å². The van der Waals surface area contributed by atoms with Crippen LogP contribution in [0, 0.1) is 5.92 Å². The van der Waals surface area contributed by atoms with Crippen LogP contribution < -0.4 is 5.32 Å². The molecule has 0 radical (unpaired) electrons. The Balaban J connectivity index is 2.31.